The van der Waals surface area contributed by atoms with Crippen molar-refractivity contribution in [1.29, 1.82) is 0 Å². The minimum atomic E-state index is -2.41. The molecule has 0 bridgehead atoms. The molecule has 3 aromatic rings. The number of pyridine rings is 1. The van der Waals surface area contributed by atoms with Crippen LogP contribution in [0.2, 0.25) is 18.1 Å². The predicted octanol–water partition coefficient (Wildman–Crippen LogP) is 7.21. The standard InChI is InChI=1S/C34H41FN2O6Si/c1-34(2,3)44(6,7)43-31(27-20-28(35)22-36-21-27)30(37-33(39)42-23-25-14-18-29(40-4)19-15-25)11-9-8-10-24-12-16-26(17-13-24)32(38)41-5/h12-22,30-31H,9,11,23H2,1-7H3,(H,37,39)/t30-,31?/m1/s1. The molecular weight excluding hydrogens is 579 g/mol. The summed E-state index contributed by atoms with van der Waals surface area (Å²) in [6.07, 6.45) is 2.14. The Morgan fingerprint density at radius 3 is 2.30 bits per heavy atom. The number of carbonyl (C=O) groups excluding carboxylic acids is 2. The van der Waals surface area contributed by atoms with Crippen molar-refractivity contribution < 1.29 is 32.6 Å². The monoisotopic (exact) mass is 620 g/mol. The Labute approximate surface area is 260 Å². The number of amides is 1. The van der Waals surface area contributed by atoms with Gasteiger partial charge in [-0.3, -0.25) is 4.98 Å². The van der Waals surface area contributed by atoms with Gasteiger partial charge in [-0.1, -0.05) is 44.7 Å². The number of nitrogens with zero attached hydrogens (tertiary/aromatic N) is 1. The lowest BCUT2D eigenvalue weighted by molar-refractivity contribution is 0.0600. The summed E-state index contributed by atoms with van der Waals surface area (Å²) in [4.78, 5) is 28.9. The van der Waals surface area contributed by atoms with Crippen LogP contribution in [0, 0.1) is 17.7 Å². The van der Waals surface area contributed by atoms with Crippen LogP contribution in [-0.2, 0) is 20.5 Å². The highest BCUT2D eigenvalue weighted by molar-refractivity contribution is 6.74. The molecule has 1 heterocycles. The van der Waals surface area contributed by atoms with Gasteiger partial charge in [0, 0.05) is 23.7 Å². The van der Waals surface area contributed by atoms with Crippen LogP contribution >= 0.6 is 0 Å². The summed E-state index contributed by atoms with van der Waals surface area (Å²) in [5.41, 5.74) is 2.47. The molecule has 0 saturated carbocycles. The number of esters is 1. The molecule has 0 aliphatic rings. The second-order valence-electron chi connectivity index (χ2n) is 11.8. The third kappa shape index (κ3) is 9.93. The van der Waals surface area contributed by atoms with Gasteiger partial charge in [0.25, 0.3) is 0 Å². The molecule has 0 radical (unpaired) electrons. The minimum Gasteiger partial charge on any atom is -0.497 e. The molecule has 1 amide bonds. The Bertz CT molecular complexity index is 1460. The first-order valence-corrected chi connectivity index (χ1v) is 17.3. The lowest BCUT2D eigenvalue weighted by Crippen LogP contribution is -2.48. The molecule has 8 nitrogen and oxygen atoms in total. The zero-order chi connectivity index (χ0) is 32.3. The van der Waals surface area contributed by atoms with Crippen molar-refractivity contribution in [2.24, 2.45) is 0 Å². The van der Waals surface area contributed by atoms with Gasteiger partial charge in [0.1, 0.15) is 18.2 Å². The maximum atomic E-state index is 14.4. The Morgan fingerprint density at radius 1 is 1.02 bits per heavy atom. The number of alkyl carbamates (subject to hydrolysis) is 1. The van der Waals surface area contributed by atoms with Crippen molar-refractivity contribution in [1.82, 2.24) is 10.3 Å². The maximum absolute atomic E-state index is 14.4. The van der Waals surface area contributed by atoms with E-state index in [-0.39, 0.29) is 11.6 Å². The maximum Gasteiger partial charge on any atom is 0.407 e. The average molecular weight is 621 g/mol. The highest BCUT2D eigenvalue weighted by atomic mass is 28.4. The molecule has 3 rings (SSSR count). The molecule has 1 unspecified atom stereocenters. The smallest absolute Gasteiger partial charge is 0.407 e. The fourth-order valence-corrected chi connectivity index (χ4v) is 5.31. The van der Waals surface area contributed by atoms with Crippen molar-refractivity contribution in [3.63, 3.8) is 0 Å². The molecular formula is C34H41FN2O6Si. The molecule has 10 heteroatoms. The summed E-state index contributed by atoms with van der Waals surface area (Å²) in [7, 11) is 0.506. The van der Waals surface area contributed by atoms with Crippen molar-refractivity contribution in [2.45, 2.75) is 70.5 Å². The highest BCUT2D eigenvalue weighted by Crippen LogP contribution is 2.41. The average Bonchev–Trinajstić information content (AvgIpc) is 3.00. The van der Waals surface area contributed by atoms with Gasteiger partial charge in [-0.25, -0.2) is 14.0 Å². The fraction of sp³-hybridized carbons (Fsp3) is 0.382. The van der Waals surface area contributed by atoms with Crippen LogP contribution in [0.15, 0.2) is 67.0 Å². The summed E-state index contributed by atoms with van der Waals surface area (Å²) < 4.78 is 36.7. The molecule has 234 valence electrons. The lowest BCUT2D eigenvalue weighted by Gasteiger charge is -2.41. The fourth-order valence-electron chi connectivity index (χ4n) is 4.02. The number of methoxy groups -OCH3 is 2. The number of halogens is 1. The Hall–Kier alpha value is -4.20. The van der Waals surface area contributed by atoms with Crippen LogP contribution < -0.4 is 10.1 Å². The molecule has 0 fully saturated rings. The first kappa shape index (κ1) is 34.3. The first-order valence-electron chi connectivity index (χ1n) is 14.3. The SMILES string of the molecule is COC(=O)c1ccc(C#CCC[C@@H](NC(=O)OCc2ccc(OC)cc2)C(O[Si](C)(C)C(C)(C)C)c2cncc(F)c2)cc1. The number of rotatable bonds is 11. The second-order valence-corrected chi connectivity index (χ2v) is 16.6. The molecule has 0 aliphatic heterocycles. The Balaban J connectivity index is 1.85. The molecule has 1 N–H and O–H groups in total. The van der Waals surface area contributed by atoms with Gasteiger partial charge < -0.3 is 24.0 Å². The highest BCUT2D eigenvalue weighted by Gasteiger charge is 2.41. The van der Waals surface area contributed by atoms with Crippen LogP contribution in [0.3, 0.4) is 0 Å². The van der Waals surface area contributed by atoms with Crippen LogP contribution in [0.4, 0.5) is 9.18 Å². The van der Waals surface area contributed by atoms with Gasteiger partial charge in [-0.15, -0.1) is 0 Å². The summed E-state index contributed by atoms with van der Waals surface area (Å²) in [6, 6.07) is 14.8. The van der Waals surface area contributed by atoms with E-state index in [2.05, 4.69) is 56.0 Å². The van der Waals surface area contributed by atoms with Gasteiger partial charge in [0.15, 0.2) is 8.32 Å². The third-order valence-electron chi connectivity index (χ3n) is 7.60. The summed E-state index contributed by atoms with van der Waals surface area (Å²) in [6.45, 7) is 10.6. The van der Waals surface area contributed by atoms with Gasteiger partial charge in [-0.05, 0) is 72.6 Å². The Morgan fingerprint density at radius 2 is 1.70 bits per heavy atom. The number of hydrogen-bond donors (Lipinski definition) is 1. The molecule has 0 spiro atoms. The third-order valence-corrected chi connectivity index (χ3v) is 12.1. The van der Waals surface area contributed by atoms with Crippen LogP contribution in [0.1, 0.15) is 66.8 Å². The molecule has 0 saturated heterocycles. The summed E-state index contributed by atoms with van der Waals surface area (Å²) in [5.74, 6) is 6.02. The second kappa shape index (κ2) is 15.5. The van der Waals surface area contributed by atoms with E-state index in [1.807, 2.05) is 12.1 Å². The van der Waals surface area contributed by atoms with Gasteiger partial charge in [0.05, 0.1) is 38.1 Å². The van der Waals surface area contributed by atoms with Gasteiger partial charge in [0.2, 0.25) is 0 Å². The zero-order valence-corrected chi connectivity index (χ0v) is 27.4. The van der Waals surface area contributed by atoms with Crippen LogP contribution in [-0.4, -0.2) is 45.6 Å². The number of benzene rings is 2. The van der Waals surface area contributed by atoms with Crippen molar-refractivity contribution in [3.8, 4) is 17.6 Å². The van der Waals surface area contributed by atoms with Crippen LogP contribution in [0.25, 0.3) is 0 Å². The predicted molar refractivity (Wildman–Crippen MR) is 169 cm³/mol. The normalized spacial score (nSPS) is 12.7. The summed E-state index contributed by atoms with van der Waals surface area (Å²) in [5, 5.41) is 2.82. The molecule has 44 heavy (non-hydrogen) atoms. The molecule has 2 atom stereocenters. The number of ether oxygens (including phenoxy) is 3. The van der Waals surface area contributed by atoms with E-state index in [1.54, 1.807) is 49.7 Å². The van der Waals surface area contributed by atoms with E-state index in [4.69, 9.17) is 18.6 Å². The number of nitrogens with one attached hydrogen (secondary N) is 1. The quantitative estimate of drug-likeness (QED) is 0.138. The van der Waals surface area contributed by atoms with E-state index < -0.39 is 38.3 Å². The van der Waals surface area contributed by atoms with E-state index in [9.17, 15) is 14.0 Å². The molecule has 1 aromatic heterocycles. The molecule has 0 aliphatic carbocycles. The number of aromatic nitrogens is 1. The first-order chi connectivity index (χ1) is 20.8. The van der Waals surface area contributed by atoms with E-state index >= 15 is 0 Å². The van der Waals surface area contributed by atoms with E-state index in [0.29, 0.717) is 29.7 Å². The van der Waals surface area contributed by atoms with Crippen molar-refractivity contribution >= 4 is 20.4 Å². The topological polar surface area (TPSA) is 96.0 Å². The van der Waals surface area contributed by atoms with Crippen LogP contribution in [0.5, 0.6) is 5.75 Å². The number of hydrogen-bond acceptors (Lipinski definition) is 7. The van der Waals surface area contributed by atoms with E-state index in [1.165, 1.54) is 13.2 Å². The lowest BCUT2D eigenvalue weighted by atomic mass is 9.99. The van der Waals surface area contributed by atoms with Crippen molar-refractivity contribution in [3.05, 3.63) is 95.1 Å². The Kier molecular flexibility index (Phi) is 12.1. The van der Waals surface area contributed by atoms with Crippen molar-refractivity contribution in [2.75, 3.05) is 14.2 Å². The van der Waals surface area contributed by atoms with Gasteiger partial charge >= 0.3 is 12.1 Å². The largest absolute Gasteiger partial charge is 0.497 e. The van der Waals surface area contributed by atoms with Gasteiger partial charge in [-0.2, -0.15) is 0 Å². The zero-order valence-electron chi connectivity index (χ0n) is 26.4. The minimum absolute atomic E-state index is 0.0548. The molecule has 2 aromatic carbocycles. The summed E-state index contributed by atoms with van der Waals surface area (Å²) >= 11 is 0. The van der Waals surface area contributed by atoms with E-state index in [0.717, 1.165) is 17.3 Å². The number of carbonyl (C=O) groups is 2.